The lowest BCUT2D eigenvalue weighted by Gasteiger charge is -2.17. The van der Waals surface area contributed by atoms with Crippen molar-refractivity contribution in [1.82, 2.24) is 10.2 Å². The van der Waals surface area contributed by atoms with Gasteiger partial charge in [-0.3, -0.25) is 9.59 Å². The molecule has 1 saturated heterocycles. The van der Waals surface area contributed by atoms with Crippen LogP contribution in [0.3, 0.4) is 0 Å². The van der Waals surface area contributed by atoms with Crippen molar-refractivity contribution in [2.75, 3.05) is 6.54 Å². The van der Waals surface area contributed by atoms with E-state index < -0.39 is 0 Å². The summed E-state index contributed by atoms with van der Waals surface area (Å²) >= 11 is 1.64. The first-order valence-corrected chi connectivity index (χ1v) is 7.66. The fourth-order valence-electron chi connectivity index (χ4n) is 2.59. The quantitative estimate of drug-likeness (QED) is 0.915. The first-order valence-electron chi connectivity index (χ1n) is 6.78. The van der Waals surface area contributed by atoms with Crippen molar-refractivity contribution in [3.63, 3.8) is 0 Å². The summed E-state index contributed by atoms with van der Waals surface area (Å²) in [6, 6.07) is 4.44. The van der Waals surface area contributed by atoms with E-state index in [-0.39, 0.29) is 23.8 Å². The number of amides is 2. The normalized spacial score (nSPS) is 24.6. The summed E-state index contributed by atoms with van der Waals surface area (Å²) in [4.78, 5) is 27.1. The number of likely N-dealkylation sites (tertiary alicyclic amines) is 1. The second-order valence-corrected chi connectivity index (χ2v) is 6.40. The summed E-state index contributed by atoms with van der Waals surface area (Å²) < 4.78 is 0. The lowest BCUT2D eigenvalue weighted by molar-refractivity contribution is -0.129. The van der Waals surface area contributed by atoms with Crippen LogP contribution in [0.1, 0.15) is 37.1 Å². The number of carbonyl (C=O) groups is 2. The van der Waals surface area contributed by atoms with Crippen LogP contribution in [0, 0.1) is 5.92 Å². The maximum atomic E-state index is 12.2. The van der Waals surface area contributed by atoms with E-state index in [1.54, 1.807) is 11.3 Å². The van der Waals surface area contributed by atoms with Crippen molar-refractivity contribution in [1.29, 1.82) is 0 Å². The molecule has 2 heterocycles. The number of hydrogen-bond donors (Lipinski definition) is 1. The fraction of sp³-hybridized carbons (Fsp3) is 0.571. The van der Waals surface area contributed by atoms with Gasteiger partial charge in [0.05, 0.1) is 12.0 Å². The highest BCUT2D eigenvalue weighted by Crippen LogP contribution is 2.32. The zero-order chi connectivity index (χ0) is 13.4. The molecule has 0 radical (unpaired) electrons. The van der Waals surface area contributed by atoms with Crippen molar-refractivity contribution in [2.45, 2.75) is 38.3 Å². The first kappa shape index (κ1) is 12.7. The Morgan fingerprint density at radius 3 is 2.95 bits per heavy atom. The van der Waals surface area contributed by atoms with Gasteiger partial charge < -0.3 is 10.2 Å². The summed E-state index contributed by atoms with van der Waals surface area (Å²) in [5, 5.41) is 5.02. The topological polar surface area (TPSA) is 49.4 Å². The van der Waals surface area contributed by atoms with Crippen molar-refractivity contribution >= 4 is 23.2 Å². The molecule has 1 N–H and O–H groups in total. The van der Waals surface area contributed by atoms with Gasteiger partial charge >= 0.3 is 0 Å². The van der Waals surface area contributed by atoms with E-state index in [4.69, 9.17) is 0 Å². The molecule has 1 aliphatic carbocycles. The van der Waals surface area contributed by atoms with E-state index in [9.17, 15) is 9.59 Å². The monoisotopic (exact) mass is 278 g/mol. The van der Waals surface area contributed by atoms with Crippen LogP contribution in [0.4, 0.5) is 0 Å². The number of thiophene rings is 1. The van der Waals surface area contributed by atoms with Crippen LogP contribution < -0.4 is 5.32 Å². The minimum absolute atomic E-state index is 0.0115. The van der Waals surface area contributed by atoms with Gasteiger partial charge in [-0.25, -0.2) is 0 Å². The van der Waals surface area contributed by atoms with Gasteiger partial charge in [-0.05, 0) is 31.2 Å². The predicted octanol–water partition coefficient (Wildman–Crippen LogP) is 1.94. The third-order valence-corrected chi connectivity index (χ3v) is 4.90. The third-order valence-electron chi connectivity index (χ3n) is 3.85. The Labute approximate surface area is 116 Å². The molecule has 2 fully saturated rings. The molecule has 1 aromatic heterocycles. The molecule has 5 heteroatoms. The standard InChI is InChI=1S/C14H18N2O2S/c1-9(12-3-2-6-19-12)15-14(18)10-7-13(17)16(8-10)11-4-5-11/h2-3,6,9-11H,4-5,7-8H2,1H3,(H,15,18)/t9-,10-/m0/s1. The summed E-state index contributed by atoms with van der Waals surface area (Å²) in [5.74, 6) is -0.0145. The lowest BCUT2D eigenvalue weighted by Crippen LogP contribution is -2.34. The maximum Gasteiger partial charge on any atom is 0.225 e. The average molecular weight is 278 g/mol. The molecule has 2 amide bonds. The molecule has 2 aliphatic rings. The Balaban J connectivity index is 1.57. The van der Waals surface area contributed by atoms with Gasteiger partial charge in [0.25, 0.3) is 0 Å². The van der Waals surface area contributed by atoms with Crippen LogP contribution >= 0.6 is 11.3 Å². The van der Waals surface area contributed by atoms with Crippen LogP contribution in [0.25, 0.3) is 0 Å². The molecular formula is C14H18N2O2S. The molecule has 1 aliphatic heterocycles. The summed E-state index contributed by atoms with van der Waals surface area (Å²) in [6.07, 6.45) is 2.58. The smallest absolute Gasteiger partial charge is 0.225 e. The highest BCUT2D eigenvalue weighted by atomic mass is 32.1. The molecular weight excluding hydrogens is 260 g/mol. The lowest BCUT2D eigenvalue weighted by atomic mass is 10.1. The first-order chi connectivity index (χ1) is 9.15. The summed E-state index contributed by atoms with van der Waals surface area (Å²) in [7, 11) is 0. The average Bonchev–Trinajstić information content (AvgIpc) is 2.92. The molecule has 2 atom stereocenters. The van der Waals surface area contributed by atoms with Gasteiger partial charge in [-0.15, -0.1) is 11.3 Å². The van der Waals surface area contributed by atoms with Crippen LogP contribution in [0.2, 0.25) is 0 Å². The van der Waals surface area contributed by atoms with Crippen molar-refractivity contribution < 1.29 is 9.59 Å². The molecule has 1 saturated carbocycles. The van der Waals surface area contributed by atoms with E-state index in [0.29, 0.717) is 19.0 Å². The van der Waals surface area contributed by atoms with E-state index in [1.807, 2.05) is 29.3 Å². The fourth-order valence-corrected chi connectivity index (χ4v) is 3.32. The molecule has 0 bridgehead atoms. The van der Waals surface area contributed by atoms with E-state index >= 15 is 0 Å². The second kappa shape index (κ2) is 4.96. The van der Waals surface area contributed by atoms with Crippen molar-refractivity contribution in [3.05, 3.63) is 22.4 Å². The molecule has 0 unspecified atom stereocenters. The number of carbonyl (C=O) groups excluding carboxylic acids is 2. The largest absolute Gasteiger partial charge is 0.348 e. The van der Waals surface area contributed by atoms with Crippen LogP contribution in [-0.4, -0.2) is 29.3 Å². The second-order valence-electron chi connectivity index (χ2n) is 5.42. The van der Waals surface area contributed by atoms with Gasteiger partial charge in [-0.2, -0.15) is 0 Å². The Kier molecular flexibility index (Phi) is 3.31. The summed E-state index contributed by atoms with van der Waals surface area (Å²) in [5.41, 5.74) is 0. The number of nitrogens with one attached hydrogen (secondary N) is 1. The molecule has 19 heavy (non-hydrogen) atoms. The van der Waals surface area contributed by atoms with E-state index in [1.165, 1.54) is 0 Å². The van der Waals surface area contributed by atoms with E-state index in [0.717, 1.165) is 17.7 Å². The summed E-state index contributed by atoms with van der Waals surface area (Å²) in [6.45, 7) is 2.59. The minimum atomic E-state index is -0.171. The SMILES string of the molecule is C[C@H](NC(=O)[C@H]1CC(=O)N(C2CC2)C1)c1cccs1. The van der Waals surface area contributed by atoms with Gasteiger partial charge in [0.2, 0.25) is 11.8 Å². The zero-order valence-corrected chi connectivity index (χ0v) is 11.8. The van der Waals surface area contributed by atoms with Gasteiger partial charge in [0.15, 0.2) is 0 Å². The Morgan fingerprint density at radius 1 is 1.53 bits per heavy atom. The minimum Gasteiger partial charge on any atom is -0.348 e. The van der Waals surface area contributed by atoms with Gasteiger partial charge in [0, 0.05) is 23.9 Å². The van der Waals surface area contributed by atoms with E-state index in [2.05, 4.69) is 5.32 Å². The van der Waals surface area contributed by atoms with Crippen LogP contribution in [0.5, 0.6) is 0 Å². The van der Waals surface area contributed by atoms with Gasteiger partial charge in [0.1, 0.15) is 0 Å². The van der Waals surface area contributed by atoms with Crippen LogP contribution in [0.15, 0.2) is 17.5 Å². The zero-order valence-electron chi connectivity index (χ0n) is 11.0. The maximum absolute atomic E-state index is 12.2. The van der Waals surface area contributed by atoms with Gasteiger partial charge in [-0.1, -0.05) is 6.07 Å². The predicted molar refractivity (Wildman–Crippen MR) is 73.7 cm³/mol. The molecule has 102 valence electrons. The molecule has 0 aromatic carbocycles. The molecule has 4 nitrogen and oxygen atoms in total. The van der Waals surface area contributed by atoms with Crippen molar-refractivity contribution in [3.8, 4) is 0 Å². The molecule has 0 spiro atoms. The number of hydrogen-bond acceptors (Lipinski definition) is 3. The third kappa shape index (κ3) is 2.66. The molecule has 1 aromatic rings. The highest BCUT2D eigenvalue weighted by molar-refractivity contribution is 7.10. The Bertz CT molecular complexity index is 482. The Morgan fingerprint density at radius 2 is 2.32 bits per heavy atom. The van der Waals surface area contributed by atoms with Crippen LogP contribution in [-0.2, 0) is 9.59 Å². The number of nitrogens with zero attached hydrogens (tertiary/aromatic N) is 1. The highest BCUT2D eigenvalue weighted by Gasteiger charge is 2.41. The van der Waals surface area contributed by atoms with Crippen molar-refractivity contribution in [2.24, 2.45) is 5.92 Å². The Hall–Kier alpha value is -1.36. The molecule has 3 rings (SSSR count). The number of rotatable bonds is 4.